The zero-order valence-corrected chi connectivity index (χ0v) is 19.5. The average Bonchev–Trinajstić information content (AvgIpc) is 3.02. The molecular weight excluding hydrogens is 520 g/mol. The van der Waals surface area contributed by atoms with Crippen molar-refractivity contribution >= 4 is 73.7 Å². The van der Waals surface area contributed by atoms with Gasteiger partial charge in [0.25, 0.3) is 17.5 Å². The standard InChI is InChI=1S/C20H15BrN4O5S2/c21-13-5-3-4-12(10-13)11-16-19(28)24(20(31)32-16)9-8-17(26)22-23-18(27)14-6-1-2-7-15(14)25(29)30/h1-7,10-11H,8-9H2,(H,22,26)(H,23,27)/b16-11-. The number of thiocarbonyl (C=S) groups is 1. The summed E-state index contributed by atoms with van der Waals surface area (Å²) in [6.45, 7) is 0.0215. The van der Waals surface area contributed by atoms with Gasteiger partial charge >= 0.3 is 0 Å². The molecule has 0 bridgehead atoms. The largest absolute Gasteiger partial charge is 0.292 e. The van der Waals surface area contributed by atoms with Crippen molar-refractivity contribution in [1.82, 2.24) is 15.8 Å². The van der Waals surface area contributed by atoms with Gasteiger partial charge < -0.3 is 0 Å². The van der Waals surface area contributed by atoms with Gasteiger partial charge in [0.15, 0.2) is 0 Å². The monoisotopic (exact) mass is 534 g/mol. The minimum Gasteiger partial charge on any atom is -0.292 e. The quantitative estimate of drug-likeness (QED) is 0.252. The lowest BCUT2D eigenvalue weighted by atomic mass is 10.2. The number of carbonyl (C=O) groups excluding carboxylic acids is 3. The summed E-state index contributed by atoms with van der Waals surface area (Å²) in [5, 5.41) is 11.0. The van der Waals surface area contributed by atoms with E-state index in [1.807, 2.05) is 24.3 Å². The number of halogens is 1. The summed E-state index contributed by atoms with van der Waals surface area (Å²) in [6, 6.07) is 12.8. The van der Waals surface area contributed by atoms with Gasteiger partial charge in [0.1, 0.15) is 9.88 Å². The van der Waals surface area contributed by atoms with Crippen LogP contribution in [0.15, 0.2) is 57.9 Å². The summed E-state index contributed by atoms with van der Waals surface area (Å²) in [5.74, 6) is -1.72. The van der Waals surface area contributed by atoms with Crippen molar-refractivity contribution in [1.29, 1.82) is 0 Å². The molecule has 32 heavy (non-hydrogen) atoms. The lowest BCUT2D eigenvalue weighted by molar-refractivity contribution is -0.385. The summed E-state index contributed by atoms with van der Waals surface area (Å²) in [5.41, 5.74) is 4.59. The number of amides is 3. The fourth-order valence-electron chi connectivity index (χ4n) is 2.74. The minimum atomic E-state index is -0.826. The number of hydrogen-bond acceptors (Lipinski definition) is 7. The Hall–Kier alpha value is -3.09. The molecule has 3 amide bonds. The highest BCUT2D eigenvalue weighted by Gasteiger charge is 2.32. The number of nitrogens with zero attached hydrogens (tertiary/aromatic N) is 2. The SMILES string of the molecule is O=C(CCN1C(=O)/C(=C/c2cccc(Br)c2)SC1=S)NNC(=O)c1ccccc1[N+](=O)[O-]. The van der Waals surface area contributed by atoms with Gasteiger partial charge in [-0.1, -0.05) is 64.2 Å². The number of carbonyl (C=O) groups is 3. The van der Waals surface area contributed by atoms with Crippen LogP contribution in [0.25, 0.3) is 6.08 Å². The van der Waals surface area contributed by atoms with E-state index < -0.39 is 16.7 Å². The van der Waals surface area contributed by atoms with E-state index in [9.17, 15) is 24.5 Å². The maximum Gasteiger partial charge on any atom is 0.282 e. The third-order valence-corrected chi connectivity index (χ3v) is 6.11. The molecule has 1 fully saturated rings. The van der Waals surface area contributed by atoms with Crippen LogP contribution in [0.3, 0.4) is 0 Å². The lowest BCUT2D eigenvalue weighted by Gasteiger charge is -2.14. The molecular formula is C20H15BrN4O5S2. The maximum atomic E-state index is 12.6. The predicted molar refractivity (Wildman–Crippen MR) is 127 cm³/mol. The van der Waals surface area contributed by atoms with Crippen LogP contribution in [-0.4, -0.2) is 38.4 Å². The van der Waals surface area contributed by atoms with Crippen LogP contribution in [0.5, 0.6) is 0 Å². The van der Waals surface area contributed by atoms with Crippen LogP contribution >= 0.6 is 39.9 Å². The number of hydrazine groups is 1. The zero-order chi connectivity index (χ0) is 23.3. The van der Waals surface area contributed by atoms with E-state index in [1.165, 1.54) is 29.2 Å². The lowest BCUT2D eigenvalue weighted by Crippen LogP contribution is -2.43. The number of benzene rings is 2. The molecule has 1 saturated heterocycles. The molecule has 0 radical (unpaired) electrons. The van der Waals surface area contributed by atoms with E-state index in [2.05, 4.69) is 26.8 Å². The fraction of sp³-hybridized carbons (Fsp3) is 0.100. The molecule has 1 aliphatic rings. The Bertz CT molecular complexity index is 1150. The molecule has 3 rings (SSSR count). The Morgan fingerprint density at radius 3 is 2.66 bits per heavy atom. The maximum absolute atomic E-state index is 12.6. The fourth-order valence-corrected chi connectivity index (χ4v) is 4.46. The summed E-state index contributed by atoms with van der Waals surface area (Å²) in [7, 11) is 0. The number of para-hydroxylation sites is 1. The zero-order valence-electron chi connectivity index (χ0n) is 16.2. The molecule has 0 aromatic heterocycles. The average molecular weight is 535 g/mol. The Balaban J connectivity index is 1.55. The molecule has 2 N–H and O–H groups in total. The number of nitro groups is 1. The number of nitro benzene ring substituents is 1. The van der Waals surface area contributed by atoms with Gasteiger partial charge in [-0.3, -0.25) is 40.2 Å². The van der Waals surface area contributed by atoms with Crippen molar-refractivity contribution in [3.05, 3.63) is 79.2 Å². The minimum absolute atomic E-state index is 0.0215. The Morgan fingerprint density at radius 2 is 1.94 bits per heavy atom. The van der Waals surface area contributed by atoms with Crippen molar-refractivity contribution in [2.24, 2.45) is 0 Å². The van der Waals surface area contributed by atoms with Crippen LogP contribution in [0.4, 0.5) is 5.69 Å². The molecule has 0 atom stereocenters. The van der Waals surface area contributed by atoms with E-state index >= 15 is 0 Å². The first-order valence-electron chi connectivity index (χ1n) is 9.10. The van der Waals surface area contributed by atoms with E-state index in [1.54, 1.807) is 6.08 Å². The van der Waals surface area contributed by atoms with Gasteiger partial charge in [0, 0.05) is 23.5 Å². The molecule has 1 heterocycles. The van der Waals surface area contributed by atoms with Crippen LogP contribution in [0.1, 0.15) is 22.3 Å². The van der Waals surface area contributed by atoms with Crippen LogP contribution < -0.4 is 10.9 Å². The molecule has 0 aliphatic carbocycles. The molecule has 12 heteroatoms. The highest BCUT2D eigenvalue weighted by atomic mass is 79.9. The summed E-state index contributed by atoms with van der Waals surface area (Å²) in [6.07, 6.45) is 1.59. The topological polar surface area (TPSA) is 122 Å². The summed E-state index contributed by atoms with van der Waals surface area (Å²) < 4.78 is 1.20. The first-order chi connectivity index (χ1) is 15.3. The highest BCUT2D eigenvalue weighted by molar-refractivity contribution is 9.10. The normalized spacial score (nSPS) is 14.5. The molecule has 0 saturated carbocycles. The van der Waals surface area contributed by atoms with Gasteiger partial charge in [-0.2, -0.15) is 0 Å². The number of hydrogen-bond donors (Lipinski definition) is 2. The van der Waals surface area contributed by atoms with Crippen molar-refractivity contribution in [2.75, 3.05) is 6.54 Å². The highest BCUT2D eigenvalue weighted by Crippen LogP contribution is 2.32. The third-order valence-electron chi connectivity index (χ3n) is 4.24. The second-order valence-corrected chi connectivity index (χ2v) is 9.01. The van der Waals surface area contributed by atoms with Crippen molar-refractivity contribution in [3.63, 3.8) is 0 Å². The number of thioether (sulfide) groups is 1. The molecule has 0 spiro atoms. The van der Waals surface area contributed by atoms with Crippen molar-refractivity contribution in [2.45, 2.75) is 6.42 Å². The van der Waals surface area contributed by atoms with E-state index in [4.69, 9.17) is 12.2 Å². The Labute approximate surface area is 200 Å². The van der Waals surface area contributed by atoms with E-state index in [0.717, 1.165) is 21.8 Å². The van der Waals surface area contributed by atoms with Crippen LogP contribution in [0.2, 0.25) is 0 Å². The molecule has 9 nitrogen and oxygen atoms in total. The Morgan fingerprint density at radius 1 is 1.19 bits per heavy atom. The van der Waals surface area contributed by atoms with Gasteiger partial charge in [0.2, 0.25) is 5.91 Å². The van der Waals surface area contributed by atoms with Crippen LogP contribution in [-0.2, 0) is 9.59 Å². The number of nitrogens with one attached hydrogen (secondary N) is 2. The smallest absolute Gasteiger partial charge is 0.282 e. The summed E-state index contributed by atoms with van der Waals surface area (Å²) >= 11 is 9.77. The van der Waals surface area contributed by atoms with Gasteiger partial charge in [0.05, 0.1) is 9.83 Å². The molecule has 164 valence electrons. The van der Waals surface area contributed by atoms with E-state index in [0.29, 0.717) is 9.23 Å². The van der Waals surface area contributed by atoms with Gasteiger partial charge in [-0.15, -0.1) is 0 Å². The first-order valence-corrected chi connectivity index (χ1v) is 11.1. The van der Waals surface area contributed by atoms with Crippen molar-refractivity contribution in [3.8, 4) is 0 Å². The molecule has 1 aliphatic heterocycles. The molecule has 2 aromatic rings. The molecule has 2 aromatic carbocycles. The predicted octanol–water partition coefficient (Wildman–Crippen LogP) is 3.41. The Kier molecular flexibility index (Phi) is 7.72. The third kappa shape index (κ3) is 5.78. The first kappa shape index (κ1) is 23.6. The second-order valence-electron chi connectivity index (χ2n) is 6.41. The van der Waals surface area contributed by atoms with Gasteiger partial charge in [-0.25, -0.2) is 0 Å². The molecule has 0 unspecified atom stereocenters. The van der Waals surface area contributed by atoms with Crippen molar-refractivity contribution < 1.29 is 19.3 Å². The van der Waals surface area contributed by atoms with Gasteiger partial charge in [-0.05, 0) is 29.8 Å². The second kappa shape index (κ2) is 10.5. The van der Waals surface area contributed by atoms with Crippen LogP contribution in [0, 0.1) is 10.1 Å². The summed E-state index contributed by atoms with van der Waals surface area (Å²) in [4.78, 5) is 49.0. The number of rotatable bonds is 6. The van der Waals surface area contributed by atoms with E-state index in [-0.39, 0.29) is 30.1 Å².